The highest BCUT2D eigenvalue weighted by molar-refractivity contribution is 5.93. The lowest BCUT2D eigenvalue weighted by atomic mass is 9.44. The van der Waals surface area contributed by atoms with Crippen molar-refractivity contribution in [3.63, 3.8) is 0 Å². The maximum absolute atomic E-state index is 12.7. The summed E-state index contributed by atoms with van der Waals surface area (Å²) in [6, 6.07) is 0. The summed E-state index contributed by atoms with van der Waals surface area (Å²) in [4.78, 5) is 20.1. The van der Waals surface area contributed by atoms with Gasteiger partial charge in [-0.05, 0) is 19.3 Å². The van der Waals surface area contributed by atoms with Crippen molar-refractivity contribution in [1.82, 2.24) is 14.9 Å². The number of nitrogens with zero attached hydrogens (tertiary/aromatic N) is 3. The van der Waals surface area contributed by atoms with Crippen LogP contribution in [0, 0.1) is 0 Å². The average Bonchev–Trinajstić information content (AvgIpc) is 3.26. The molecule has 2 bridgehead atoms. The van der Waals surface area contributed by atoms with Crippen molar-refractivity contribution in [3.8, 4) is 0 Å². The van der Waals surface area contributed by atoms with Crippen molar-refractivity contribution in [1.29, 1.82) is 0 Å². The van der Waals surface area contributed by atoms with Crippen LogP contribution in [0.25, 0.3) is 0 Å². The van der Waals surface area contributed by atoms with Gasteiger partial charge in [0.25, 0.3) is 0 Å². The smallest absolute Gasteiger partial charge is 0.461 e. The Balaban J connectivity index is 1.05. The Labute approximate surface area is 183 Å². The van der Waals surface area contributed by atoms with Crippen molar-refractivity contribution in [3.05, 3.63) is 18.2 Å². The Kier molecular flexibility index (Phi) is 4.98. The number of aliphatic imine (C=N–C) groups is 1. The molecule has 4 fully saturated rings. The van der Waals surface area contributed by atoms with E-state index in [2.05, 4.69) is 20.0 Å². The molecular formula is C19H20F6N4O4. The third-order valence-electron chi connectivity index (χ3n) is 6.58. The molecule has 4 saturated carbocycles. The minimum absolute atomic E-state index is 0.0860. The number of hydrogen-bond donors (Lipinski definition) is 1. The van der Waals surface area contributed by atoms with Crippen LogP contribution in [-0.2, 0) is 24.5 Å². The topological polar surface area (TPSA) is 87.0 Å². The molecule has 8 nitrogen and oxygen atoms in total. The average molecular weight is 482 g/mol. The van der Waals surface area contributed by atoms with Crippen molar-refractivity contribution < 1.29 is 45.3 Å². The van der Waals surface area contributed by atoms with E-state index in [0.29, 0.717) is 19.3 Å². The second-order valence-electron chi connectivity index (χ2n) is 9.13. The molecule has 1 aliphatic heterocycles. The van der Waals surface area contributed by atoms with Gasteiger partial charge >= 0.3 is 12.5 Å². The van der Waals surface area contributed by atoms with Gasteiger partial charge in [-0.3, -0.25) is 9.53 Å². The summed E-state index contributed by atoms with van der Waals surface area (Å²) in [6.07, 6.45) is -7.32. The Bertz CT molecular complexity index is 948. The summed E-state index contributed by atoms with van der Waals surface area (Å²) in [6.45, 7) is -0.740. The first-order valence-corrected chi connectivity index (χ1v) is 10.3. The van der Waals surface area contributed by atoms with Gasteiger partial charge in [-0.1, -0.05) is 0 Å². The van der Waals surface area contributed by atoms with E-state index in [1.165, 1.54) is 6.33 Å². The summed E-state index contributed by atoms with van der Waals surface area (Å²) >= 11 is 0. The Morgan fingerprint density at radius 1 is 1.18 bits per heavy atom. The van der Waals surface area contributed by atoms with Crippen molar-refractivity contribution in [2.45, 2.75) is 74.0 Å². The first-order valence-electron chi connectivity index (χ1n) is 10.3. The summed E-state index contributed by atoms with van der Waals surface area (Å²) in [5, 5.41) is 2.91. The molecule has 0 spiro atoms. The van der Waals surface area contributed by atoms with Gasteiger partial charge in [0.2, 0.25) is 17.9 Å². The summed E-state index contributed by atoms with van der Waals surface area (Å²) < 4.78 is 90.5. The van der Waals surface area contributed by atoms with Crippen LogP contribution >= 0.6 is 0 Å². The number of hydrogen-bond acceptors (Lipinski definition) is 6. The number of halogens is 6. The third kappa shape index (κ3) is 4.29. The van der Waals surface area contributed by atoms with Gasteiger partial charge in [0, 0.05) is 24.6 Å². The molecule has 0 aromatic carbocycles. The lowest BCUT2D eigenvalue weighted by Gasteiger charge is -2.70. The molecule has 0 saturated heterocycles. The Morgan fingerprint density at radius 3 is 2.48 bits per heavy atom. The molecule has 1 N–H and O–H groups in total. The van der Waals surface area contributed by atoms with Gasteiger partial charge in [0.1, 0.15) is 12.3 Å². The third-order valence-corrected chi connectivity index (χ3v) is 6.58. The molecule has 2 heterocycles. The van der Waals surface area contributed by atoms with Crippen LogP contribution in [0.15, 0.2) is 17.5 Å². The summed E-state index contributed by atoms with van der Waals surface area (Å²) in [5.74, 6) is -0.483. The van der Waals surface area contributed by atoms with E-state index in [1.54, 1.807) is 6.20 Å². The van der Waals surface area contributed by atoms with Gasteiger partial charge in [-0.2, -0.15) is 13.2 Å². The van der Waals surface area contributed by atoms with Crippen LogP contribution < -0.4 is 5.32 Å². The lowest BCUT2D eigenvalue weighted by molar-refractivity contribution is -0.357. The van der Waals surface area contributed by atoms with Crippen molar-refractivity contribution in [2.75, 3.05) is 13.2 Å². The van der Waals surface area contributed by atoms with Gasteiger partial charge in [-0.25, -0.2) is 9.98 Å². The van der Waals surface area contributed by atoms with Gasteiger partial charge in [0.15, 0.2) is 0 Å². The number of imidazole rings is 1. The fourth-order valence-corrected chi connectivity index (χ4v) is 4.98. The molecule has 1 aromatic heterocycles. The van der Waals surface area contributed by atoms with E-state index in [1.807, 2.05) is 4.57 Å². The van der Waals surface area contributed by atoms with Gasteiger partial charge in [-0.15, -0.1) is 13.2 Å². The molecule has 1 amide bonds. The van der Waals surface area contributed by atoms with Crippen LogP contribution in [0.3, 0.4) is 0 Å². The molecule has 33 heavy (non-hydrogen) atoms. The molecule has 14 heteroatoms. The summed E-state index contributed by atoms with van der Waals surface area (Å²) in [5.41, 5.74) is -0.418. The standard InChI is InChI=1S/C19H20F6N4O4/c20-18(21,22)13-3-26-15(32-13)12-4-29(9-27-12)17-6-16(7-17,8-17)28-14(30)5-31-10-1-11(2-10)33-19(23,24)25/h4,9-11,13H,1-3,5-8H2,(H,28,30)/t10?,11?,13-,16?,17?/m0/s1. The molecule has 1 atom stereocenters. The molecule has 4 aliphatic carbocycles. The maximum Gasteiger partial charge on any atom is 0.522 e. The van der Waals surface area contributed by atoms with E-state index >= 15 is 0 Å². The number of amides is 1. The zero-order valence-electron chi connectivity index (χ0n) is 17.1. The van der Waals surface area contributed by atoms with Crippen molar-refractivity contribution in [2.24, 2.45) is 4.99 Å². The Morgan fingerprint density at radius 2 is 1.88 bits per heavy atom. The largest absolute Gasteiger partial charge is 0.522 e. The SMILES string of the molecule is O=C(COC1CC(OC(F)(F)F)C1)NC12CC(n3cnc(C4=NC[C@@H](C(F)(F)F)O4)c3)(C1)C2. The molecule has 182 valence electrons. The second kappa shape index (κ2) is 7.32. The maximum atomic E-state index is 12.7. The lowest BCUT2D eigenvalue weighted by Crippen LogP contribution is -2.78. The highest BCUT2D eigenvalue weighted by Gasteiger charge is 2.69. The molecule has 6 rings (SSSR count). The van der Waals surface area contributed by atoms with E-state index in [-0.39, 0.29) is 48.0 Å². The molecule has 0 radical (unpaired) electrons. The predicted octanol–water partition coefficient (Wildman–Crippen LogP) is 2.42. The minimum Gasteiger partial charge on any atom is -0.461 e. The van der Waals surface area contributed by atoms with Crippen LogP contribution in [0.1, 0.15) is 37.8 Å². The number of nitrogens with one attached hydrogen (secondary N) is 1. The first kappa shape index (κ1) is 22.4. The summed E-state index contributed by atoms with van der Waals surface area (Å²) in [7, 11) is 0. The first-order chi connectivity index (χ1) is 15.3. The molecular weight excluding hydrogens is 462 g/mol. The van der Waals surface area contributed by atoms with Crippen molar-refractivity contribution >= 4 is 11.8 Å². The number of alkyl halides is 6. The second-order valence-corrected chi connectivity index (χ2v) is 9.13. The monoisotopic (exact) mass is 482 g/mol. The van der Waals surface area contributed by atoms with Crippen LogP contribution in [0.2, 0.25) is 0 Å². The molecule has 0 unspecified atom stereocenters. The molecule has 1 aromatic rings. The fourth-order valence-electron chi connectivity index (χ4n) is 4.98. The van der Waals surface area contributed by atoms with E-state index < -0.39 is 37.4 Å². The number of carbonyl (C=O) groups excluding carboxylic acids is 1. The zero-order valence-corrected chi connectivity index (χ0v) is 17.1. The highest BCUT2D eigenvalue weighted by Crippen LogP contribution is 2.65. The van der Waals surface area contributed by atoms with Crippen LogP contribution in [-0.4, -0.2) is 70.9 Å². The van der Waals surface area contributed by atoms with Gasteiger partial charge in [0.05, 0.1) is 30.6 Å². The van der Waals surface area contributed by atoms with Crippen LogP contribution in [0.4, 0.5) is 26.3 Å². The fraction of sp³-hybridized carbons (Fsp3) is 0.737. The van der Waals surface area contributed by atoms with E-state index in [9.17, 15) is 31.1 Å². The zero-order chi connectivity index (χ0) is 23.6. The number of ether oxygens (including phenoxy) is 3. The Hall–Kier alpha value is -2.35. The predicted molar refractivity (Wildman–Crippen MR) is 97.2 cm³/mol. The van der Waals surface area contributed by atoms with E-state index in [0.717, 1.165) is 0 Å². The minimum atomic E-state index is -4.67. The van der Waals surface area contributed by atoms with Gasteiger partial charge < -0.3 is 19.4 Å². The number of aromatic nitrogens is 2. The van der Waals surface area contributed by atoms with Crippen LogP contribution in [0.5, 0.6) is 0 Å². The molecule has 5 aliphatic rings. The van der Waals surface area contributed by atoms with E-state index in [4.69, 9.17) is 9.47 Å². The highest BCUT2D eigenvalue weighted by atomic mass is 19.4. The quantitative estimate of drug-likeness (QED) is 0.604. The number of rotatable bonds is 7. The normalized spacial score (nSPS) is 35.1. The number of carbonyl (C=O) groups is 1.